The Morgan fingerprint density at radius 2 is 2.00 bits per heavy atom. The minimum Gasteiger partial charge on any atom is -0.478 e. The fourth-order valence-corrected chi connectivity index (χ4v) is 5.77. The first-order chi connectivity index (χ1) is 20.8. The SMILES string of the molecule is CC(C)c1cn(C2CCN(Cc3nc4ccc(C(=O)O)cc4n3C[C@@H]3CCO3)CC2)nc1OCc1ccc(C#N)cc1F. The Balaban J connectivity index is 1.13. The molecule has 2 aliphatic rings. The van der Waals surface area contributed by atoms with E-state index in [0.717, 1.165) is 61.4 Å². The van der Waals surface area contributed by atoms with Gasteiger partial charge in [-0.15, -0.1) is 5.10 Å². The van der Waals surface area contributed by atoms with Crippen molar-refractivity contribution >= 4 is 17.0 Å². The quantitative estimate of drug-likeness (QED) is 0.267. The van der Waals surface area contributed by atoms with Crippen LogP contribution in [0.2, 0.25) is 0 Å². The number of carboxylic acids is 1. The van der Waals surface area contributed by atoms with Crippen LogP contribution in [0.3, 0.4) is 0 Å². The Morgan fingerprint density at radius 1 is 1.21 bits per heavy atom. The van der Waals surface area contributed by atoms with Gasteiger partial charge >= 0.3 is 5.97 Å². The van der Waals surface area contributed by atoms with E-state index in [0.29, 0.717) is 24.5 Å². The number of likely N-dealkylation sites (tertiary alicyclic amines) is 1. The smallest absolute Gasteiger partial charge is 0.335 e. The predicted octanol–water partition coefficient (Wildman–Crippen LogP) is 5.27. The van der Waals surface area contributed by atoms with Crippen LogP contribution in [0.1, 0.15) is 77.9 Å². The van der Waals surface area contributed by atoms with Crippen LogP contribution >= 0.6 is 0 Å². The highest BCUT2D eigenvalue weighted by Gasteiger charge is 2.27. The molecule has 2 aromatic heterocycles. The molecule has 2 aliphatic heterocycles. The van der Waals surface area contributed by atoms with Gasteiger partial charge in [0.05, 0.1) is 53.5 Å². The number of carboxylic acid groups (broad SMARTS) is 1. The van der Waals surface area contributed by atoms with E-state index in [4.69, 9.17) is 24.8 Å². The van der Waals surface area contributed by atoms with Gasteiger partial charge in [-0.05, 0) is 55.5 Å². The molecule has 0 aliphatic carbocycles. The largest absolute Gasteiger partial charge is 0.478 e. The van der Waals surface area contributed by atoms with Crippen molar-refractivity contribution in [2.45, 2.75) is 70.9 Å². The summed E-state index contributed by atoms with van der Waals surface area (Å²) in [6.45, 7) is 8.00. The molecule has 1 N–H and O–H groups in total. The lowest BCUT2D eigenvalue weighted by Gasteiger charge is -2.32. The Morgan fingerprint density at radius 3 is 2.65 bits per heavy atom. The number of nitriles is 1. The summed E-state index contributed by atoms with van der Waals surface area (Å²) >= 11 is 0. The first-order valence-electron chi connectivity index (χ1n) is 14.8. The Hall–Kier alpha value is -4.27. The fraction of sp³-hybridized carbons (Fsp3) is 0.438. The molecule has 1 atom stereocenters. The third-order valence-electron chi connectivity index (χ3n) is 8.44. The minimum atomic E-state index is -0.951. The molecule has 10 nitrogen and oxygen atoms in total. The van der Waals surface area contributed by atoms with E-state index >= 15 is 0 Å². The van der Waals surface area contributed by atoms with Gasteiger partial charge in [0.15, 0.2) is 0 Å². The molecule has 0 saturated carbocycles. The molecular formula is C32H35FN6O4. The van der Waals surface area contributed by atoms with E-state index in [1.54, 1.807) is 30.3 Å². The summed E-state index contributed by atoms with van der Waals surface area (Å²) < 4.78 is 30.2. The van der Waals surface area contributed by atoms with Crippen LogP contribution < -0.4 is 4.74 Å². The van der Waals surface area contributed by atoms with Gasteiger partial charge in [-0.25, -0.2) is 14.2 Å². The molecule has 0 amide bonds. The van der Waals surface area contributed by atoms with Crippen molar-refractivity contribution in [2.24, 2.45) is 0 Å². The highest BCUT2D eigenvalue weighted by Crippen LogP contribution is 2.31. The summed E-state index contributed by atoms with van der Waals surface area (Å²) in [4.78, 5) is 18.9. The molecule has 6 rings (SSSR count). The van der Waals surface area contributed by atoms with Crippen LogP contribution in [-0.2, 0) is 24.4 Å². The number of hydrogen-bond donors (Lipinski definition) is 1. The zero-order chi connectivity index (χ0) is 30.1. The van der Waals surface area contributed by atoms with Crippen LogP contribution in [0.4, 0.5) is 4.39 Å². The maximum atomic E-state index is 14.4. The number of hydrogen-bond acceptors (Lipinski definition) is 7. The minimum absolute atomic E-state index is 0.0353. The fourth-order valence-electron chi connectivity index (χ4n) is 5.77. The molecule has 11 heteroatoms. The number of piperidine rings is 1. The second-order valence-electron chi connectivity index (χ2n) is 11.7. The second kappa shape index (κ2) is 12.1. The molecule has 0 bridgehead atoms. The zero-order valence-corrected chi connectivity index (χ0v) is 24.4. The molecule has 224 valence electrons. The average molecular weight is 587 g/mol. The highest BCUT2D eigenvalue weighted by atomic mass is 19.1. The van der Waals surface area contributed by atoms with E-state index in [1.165, 1.54) is 6.07 Å². The van der Waals surface area contributed by atoms with Crippen LogP contribution in [0.5, 0.6) is 5.88 Å². The number of carbonyl (C=O) groups is 1. The number of rotatable bonds is 10. The van der Waals surface area contributed by atoms with Crippen molar-refractivity contribution in [3.8, 4) is 11.9 Å². The van der Waals surface area contributed by atoms with Crippen LogP contribution in [0, 0.1) is 17.1 Å². The van der Waals surface area contributed by atoms with Crippen LogP contribution in [0.15, 0.2) is 42.6 Å². The molecule has 4 heterocycles. The van der Waals surface area contributed by atoms with Crippen molar-refractivity contribution in [1.29, 1.82) is 5.26 Å². The van der Waals surface area contributed by atoms with Gasteiger partial charge in [0.1, 0.15) is 18.2 Å². The van der Waals surface area contributed by atoms with Crippen LogP contribution in [0.25, 0.3) is 11.0 Å². The number of fused-ring (bicyclic) bond motifs is 1. The molecule has 0 spiro atoms. The number of ether oxygens (including phenoxy) is 2. The van der Waals surface area contributed by atoms with E-state index in [-0.39, 0.29) is 35.8 Å². The number of aromatic nitrogens is 4. The normalized spacial score (nSPS) is 17.7. The lowest BCUT2D eigenvalue weighted by molar-refractivity contribution is -0.0592. The van der Waals surface area contributed by atoms with E-state index in [2.05, 4.69) is 23.3 Å². The Kier molecular flexibility index (Phi) is 8.15. The lowest BCUT2D eigenvalue weighted by Crippen LogP contribution is -2.36. The van der Waals surface area contributed by atoms with Crippen molar-refractivity contribution < 1.29 is 23.8 Å². The van der Waals surface area contributed by atoms with Gasteiger partial charge in [0.2, 0.25) is 5.88 Å². The third-order valence-corrected chi connectivity index (χ3v) is 8.44. The van der Waals surface area contributed by atoms with Gasteiger partial charge in [-0.2, -0.15) is 5.26 Å². The maximum Gasteiger partial charge on any atom is 0.335 e. The van der Waals surface area contributed by atoms with E-state index in [9.17, 15) is 14.3 Å². The molecule has 2 aromatic carbocycles. The lowest BCUT2D eigenvalue weighted by atomic mass is 10.0. The second-order valence-corrected chi connectivity index (χ2v) is 11.7. The van der Waals surface area contributed by atoms with Gasteiger partial charge < -0.3 is 19.1 Å². The number of nitrogens with zero attached hydrogens (tertiary/aromatic N) is 6. The summed E-state index contributed by atoms with van der Waals surface area (Å²) in [5, 5.41) is 23.3. The van der Waals surface area contributed by atoms with Crippen molar-refractivity contribution in [1.82, 2.24) is 24.2 Å². The molecule has 2 fully saturated rings. The maximum absolute atomic E-state index is 14.4. The van der Waals surface area contributed by atoms with Crippen molar-refractivity contribution in [2.75, 3.05) is 19.7 Å². The molecular weight excluding hydrogens is 551 g/mol. The van der Waals surface area contributed by atoms with E-state index < -0.39 is 11.8 Å². The van der Waals surface area contributed by atoms with Crippen molar-refractivity contribution in [3.05, 3.63) is 76.5 Å². The number of imidazole rings is 1. The zero-order valence-electron chi connectivity index (χ0n) is 24.4. The molecule has 4 aromatic rings. The van der Waals surface area contributed by atoms with Gasteiger partial charge in [0.25, 0.3) is 0 Å². The summed E-state index contributed by atoms with van der Waals surface area (Å²) in [5.41, 5.74) is 3.50. The van der Waals surface area contributed by atoms with Crippen molar-refractivity contribution in [3.63, 3.8) is 0 Å². The summed E-state index contributed by atoms with van der Waals surface area (Å²) in [5.74, 6) is 0.191. The number of aromatic carboxylic acids is 1. The van der Waals surface area contributed by atoms with Gasteiger partial charge in [0, 0.05) is 37.0 Å². The number of benzene rings is 2. The summed E-state index contributed by atoms with van der Waals surface area (Å²) in [6, 6.07) is 11.6. The Bertz CT molecular complexity index is 1680. The summed E-state index contributed by atoms with van der Waals surface area (Å²) in [6.07, 6.45) is 4.96. The molecule has 0 radical (unpaired) electrons. The predicted molar refractivity (Wildman–Crippen MR) is 156 cm³/mol. The Labute approximate surface area is 249 Å². The molecule has 2 saturated heterocycles. The average Bonchev–Trinajstić information content (AvgIpc) is 3.55. The third kappa shape index (κ3) is 6.12. The van der Waals surface area contributed by atoms with Crippen LogP contribution in [-0.4, -0.2) is 61.1 Å². The monoisotopic (exact) mass is 586 g/mol. The summed E-state index contributed by atoms with van der Waals surface area (Å²) in [7, 11) is 0. The van der Waals surface area contributed by atoms with Gasteiger partial charge in [-0.1, -0.05) is 19.9 Å². The molecule has 43 heavy (non-hydrogen) atoms. The molecule has 0 unspecified atom stereocenters. The topological polar surface area (TPSA) is 118 Å². The van der Waals surface area contributed by atoms with E-state index in [1.807, 2.05) is 16.9 Å². The first kappa shape index (κ1) is 28.8. The van der Waals surface area contributed by atoms with Gasteiger partial charge in [-0.3, -0.25) is 9.58 Å². The highest BCUT2D eigenvalue weighted by molar-refractivity contribution is 5.92. The standard InChI is InChI=1S/C32H35FN6O4/c1-20(2)26-17-39(36-31(26)43-19-23-4-3-21(15-34)13-27(23)33)24-7-10-37(11-8-24)18-30-35-28-6-5-22(32(40)41)14-29(28)38(30)16-25-9-12-42-25/h3-6,13-14,17,20,24-25H,7-12,16,18-19H2,1-2H3,(H,40,41)/t25-/m0/s1. The number of halogens is 1. The first-order valence-corrected chi connectivity index (χ1v) is 14.8.